The highest BCUT2D eigenvalue weighted by molar-refractivity contribution is 7.94. The molecule has 2 aromatic heterocycles. The third kappa shape index (κ3) is 5.81. The summed E-state index contributed by atoms with van der Waals surface area (Å²) in [6.45, 7) is 8.82. The second-order valence-corrected chi connectivity index (χ2v) is 14.6. The van der Waals surface area contributed by atoms with Gasteiger partial charge in [0.2, 0.25) is 14.2 Å². The summed E-state index contributed by atoms with van der Waals surface area (Å²) in [7, 11) is -3.79. The van der Waals surface area contributed by atoms with E-state index < -0.39 is 26.2 Å². The number of aliphatic hydroxyl groups excluding tert-OH is 1. The summed E-state index contributed by atoms with van der Waals surface area (Å²) >= 11 is 1.15. The van der Waals surface area contributed by atoms with E-state index in [1.807, 2.05) is 6.07 Å². The number of urea groups is 1. The number of aliphatic hydroxyl groups is 1. The maximum Gasteiger partial charge on any atom is 0.319 e. The molecule has 5 rings (SSSR count). The zero-order valence-corrected chi connectivity index (χ0v) is 25.3. The fraction of sp³-hybridized carbons (Fsp3) is 0.500. The summed E-state index contributed by atoms with van der Waals surface area (Å²) < 4.78 is 32.6. The number of benzene rings is 1. The number of hydrogen-bond acceptors (Lipinski definition) is 10. The van der Waals surface area contributed by atoms with Gasteiger partial charge in [0.1, 0.15) is 10.6 Å². The fourth-order valence-electron chi connectivity index (χ4n) is 5.01. The molecule has 2 amide bonds. The van der Waals surface area contributed by atoms with Gasteiger partial charge in [-0.2, -0.15) is 0 Å². The number of thiazole rings is 1. The lowest BCUT2D eigenvalue weighted by molar-refractivity contribution is 0.0985. The summed E-state index contributed by atoms with van der Waals surface area (Å²) in [4.78, 5) is 28.6. The molecule has 1 aliphatic carbocycles. The Balaban J connectivity index is 1.53. The summed E-state index contributed by atoms with van der Waals surface area (Å²) in [5, 5.41) is 16.6. The lowest BCUT2D eigenvalue weighted by Crippen LogP contribution is -2.48. The number of aromatic nitrogens is 3. The highest BCUT2D eigenvalue weighted by Gasteiger charge is 2.54. The summed E-state index contributed by atoms with van der Waals surface area (Å²) in [5.74, 6) is 1.07. The van der Waals surface area contributed by atoms with Crippen molar-refractivity contribution in [3.05, 3.63) is 47.1 Å². The molecule has 0 bridgehead atoms. The van der Waals surface area contributed by atoms with E-state index >= 15 is 0 Å². The van der Waals surface area contributed by atoms with Gasteiger partial charge >= 0.3 is 6.03 Å². The Morgan fingerprint density at radius 3 is 2.54 bits per heavy atom. The molecule has 0 radical (unpaired) electrons. The lowest BCUT2D eigenvalue weighted by Gasteiger charge is -2.41. The number of rotatable bonds is 8. The van der Waals surface area contributed by atoms with Crippen LogP contribution in [0.3, 0.4) is 0 Å². The molecule has 220 valence electrons. The molecule has 1 saturated heterocycles. The van der Waals surface area contributed by atoms with Gasteiger partial charge in [-0.3, -0.25) is 0 Å². The average molecular weight is 601 g/mol. The molecule has 11 nitrogen and oxygen atoms in total. The molecule has 1 atom stereocenters. The van der Waals surface area contributed by atoms with E-state index in [1.165, 1.54) is 0 Å². The molecule has 0 spiro atoms. The van der Waals surface area contributed by atoms with Crippen molar-refractivity contribution in [1.29, 1.82) is 0 Å². The Labute approximate surface area is 244 Å². The van der Waals surface area contributed by atoms with Gasteiger partial charge in [0.15, 0.2) is 5.82 Å². The fourth-order valence-corrected chi connectivity index (χ4v) is 8.46. The number of ether oxygens (including phenoxy) is 1. The number of carbonyl (C=O) groups excluding carboxylic acids is 1. The first-order valence-corrected chi connectivity index (χ1v) is 16.0. The van der Waals surface area contributed by atoms with Crippen LogP contribution in [0.5, 0.6) is 0 Å². The number of amides is 2. The highest BCUT2D eigenvalue weighted by Crippen LogP contribution is 2.51. The molecular formula is C28H36N6O5S2. The number of nitrogens with one attached hydrogen (secondary N) is 2. The van der Waals surface area contributed by atoms with Crippen LogP contribution in [-0.2, 0) is 19.3 Å². The van der Waals surface area contributed by atoms with Crippen molar-refractivity contribution < 1.29 is 23.1 Å². The molecule has 3 aromatic rings. The van der Waals surface area contributed by atoms with Crippen LogP contribution in [0.1, 0.15) is 51.4 Å². The van der Waals surface area contributed by atoms with E-state index in [0.717, 1.165) is 17.8 Å². The van der Waals surface area contributed by atoms with E-state index in [2.05, 4.69) is 27.4 Å². The maximum absolute atomic E-state index is 14.0. The number of nitrogens with zero attached hydrogens (tertiary/aromatic N) is 4. The molecule has 13 heteroatoms. The number of sulfone groups is 1. The van der Waals surface area contributed by atoms with E-state index in [0.29, 0.717) is 66.9 Å². The topological polar surface area (TPSA) is 147 Å². The first-order valence-electron chi connectivity index (χ1n) is 13.7. The molecule has 41 heavy (non-hydrogen) atoms. The van der Waals surface area contributed by atoms with E-state index in [1.54, 1.807) is 50.4 Å². The standard InChI is InChI=1S/C28H36N6O5S2/c1-18-16-40-26(29-18)41(37,38)28(10-5-11-28)22-14-23(34-12-13-39-15-19(34)2)32-24(31-22)20-6-8-21(9-7-20)30-25(36)33-27(3,4)17-35/h6-9,14,16,19,35H,5,10-13,15,17H2,1-4H3,(H2,30,33,36)/t19-/m0/s1. The smallest absolute Gasteiger partial charge is 0.319 e. The van der Waals surface area contributed by atoms with Gasteiger partial charge in [-0.1, -0.05) is 0 Å². The second kappa shape index (κ2) is 11.3. The van der Waals surface area contributed by atoms with Crippen LogP contribution in [0.2, 0.25) is 0 Å². The third-order valence-corrected chi connectivity index (χ3v) is 11.5. The van der Waals surface area contributed by atoms with Crippen LogP contribution < -0.4 is 15.5 Å². The van der Waals surface area contributed by atoms with Crippen molar-refractivity contribution in [3.8, 4) is 11.4 Å². The summed E-state index contributed by atoms with van der Waals surface area (Å²) in [6, 6.07) is 8.52. The van der Waals surface area contributed by atoms with Crippen molar-refractivity contribution in [2.24, 2.45) is 0 Å². The van der Waals surface area contributed by atoms with Crippen LogP contribution in [-0.4, -0.2) is 72.5 Å². The van der Waals surface area contributed by atoms with Gasteiger partial charge in [-0.15, -0.1) is 11.3 Å². The Bertz CT molecular complexity index is 1520. The highest BCUT2D eigenvalue weighted by atomic mass is 32.2. The minimum Gasteiger partial charge on any atom is -0.394 e. The van der Waals surface area contributed by atoms with Gasteiger partial charge in [0.25, 0.3) is 0 Å². The number of morpholine rings is 1. The monoisotopic (exact) mass is 600 g/mol. The predicted octanol–water partition coefficient (Wildman–Crippen LogP) is 3.88. The number of carbonyl (C=O) groups is 1. The quantitative estimate of drug-likeness (QED) is 0.351. The summed E-state index contributed by atoms with van der Waals surface area (Å²) in [6.07, 6.45) is 1.71. The molecule has 1 aliphatic heterocycles. The molecule has 3 heterocycles. The zero-order chi connectivity index (χ0) is 29.4. The summed E-state index contributed by atoms with van der Waals surface area (Å²) in [5.41, 5.74) is 1.63. The number of hydrogen-bond donors (Lipinski definition) is 3. The molecular weight excluding hydrogens is 564 g/mol. The van der Waals surface area contributed by atoms with Crippen LogP contribution in [0.25, 0.3) is 11.4 Å². The van der Waals surface area contributed by atoms with Gasteiger partial charge in [0.05, 0.1) is 37.1 Å². The predicted molar refractivity (Wildman–Crippen MR) is 158 cm³/mol. The Morgan fingerprint density at radius 2 is 1.95 bits per heavy atom. The van der Waals surface area contributed by atoms with E-state index in [-0.39, 0.29) is 17.0 Å². The van der Waals surface area contributed by atoms with Gasteiger partial charge in [-0.25, -0.2) is 28.2 Å². The third-order valence-electron chi connectivity index (χ3n) is 7.59. The average Bonchev–Trinajstić information content (AvgIpc) is 3.35. The van der Waals surface area contributed by atoms with Crippen molar-refractivity contribution in [2.75, 3.05) is 36.6 Å². The molecule has 1 aromatic carbocycles. The first kappa shape index (κ1) is 29.4. The van der Waals surface area contributed by atoms with Gasteiger partial charge < -0.3 is 25.4 Å². The largest absolute Gasteiger partial charge is 0.394 e. The SMILES string of the molecule is Cc1csc(S(=O)(=O)C2(c3cc(N4CCOC[C@@H]4C)nc(-c4ccc(NC(=O)NC(C)(C)CO)cc4)n3)CCC2)n1. The molecule has 3 N–H and O–H groups in total. The van der Waals surface area contributed by atoms with Crippen LogP contribution in [0, 0.1) is 6.92 Å². The van der Waals surface area contributed by atoms with E-state index in [9.17, 15) is 18.3 Å². The minimum absolute atomic E-state index is 0.0585. The van der Waals surface area contributed by atoms with Gasteiger partial charge in [-0.05, 0) is 71.2 Å². The Morgan fingerprint density at radius 1 is 1.22 bits per heavy atom. The van der Waals surface area contributed by atoms with Crippen molar-refractivity contribution in [3.63, 3.8) is 0 Å². The molecule has 2 fully saturated rings. The van der Waals surface area contributed by atoms with E-state index in [4.69, 9.17) is 14.7 Å². The molecule has 0 unspecified atom stereocenters. The zero-order valence-electron chi connectivity index (χ0n) is 23.7. The minimum atomic E-state index is -3.79. The number of aryl methyl sites for hydroxylation is 1. The first-order chi connectivity index (χ1) is 19.4. The second-order valence-electron chi connectivity index (χ2n) is 11.4. The number of anilines is 2. The van der Waals surface area contributed by atoms with Crippen LogP contribution in [0.4, 0.5) is 16.3 Å². The van der Waals surface area contributed by atoms with Crippen molar-refractivity contribution >= 4 is 38.7 Å². The Hall–Kier alpha value is -3.13. The van der Waals surface area contributed by atoms with Crippen molar-refractivity contribution in [1.82, 2.24) is 20.3 Å². The van der Waals surface area contributed by atoms with Crippen LogP contribution >= 0.6 is 11.3 Å². The normalized spacial score (nSPS) is 19.0. The maximum atomic E-state index is 14.0. The van der Waals surface area contributed by atoms with Crippen LogP contribution in [0.15, 0.2) is 40.1 Å². The molecule has 2 aliphatic rings. The lowest BCUT2D eigenvalue weighted by atomic mass is 9.81. The van der Waals surface area contributed by atoms with Crippen molar-refractivity contribution in [2.45, 2.75) is 67.6 Å². The molecule has 1 saturated carbocycles. The van der Waals surface area contributed by atoms with Gasteiger partial charge in [0, 0.05) is 34.9 Å². The Kier molecular flexibility index (Phi) is 8.07.